The molecule has 0 saturated carbocycles. The molecule has 0 aromatic rings. The second kappa shape index (κ2) is 14.8. The average Bonchev–Trinajstić information content (AvgIpc) is 3.17. The van der Waals surface area contributed by atoms with Gasteiger partial charge >= 0.3 is 0 Å². The van der Waals surface area contributed by atoms with Crippen LogP contribution in [0.15, 0.2) is 84.6 Å². The summed E-state index contributed by atoms with van der Waals surface area (Å²) in [5, 5.41) is 44.4. The lowest BCUT2D eigenvalue weighted by atomic mass is 9.94. The molecule has 0 radical (unpaired) electrons. The molecule has 2 aliphatic heterocycles. The zero-order valence-electron chi connectivity index (χ0n) is 20.6. The molecule has 5 N–H and O–H groups in total. The molecule has 1 fully saturated rings. The molecule has 1 saturated heterocycles. The van der Waals surface area contributed by atoms with Gasteiger partial charge in [-0.1, -0.05) is 85.4 Å². The minimum atomic E-state index is -1.14. The maximum Gasteiger partial charge on any atom is 0.244 e. The summed E-state index contributed by atoms with van der Waals surface area (Å²) in [5.41, 5.74) is 0.951. The Morgan fingerprint density at radius 1 is 0.829 bits per heavy atom. The normalized spacial score (nSPS) is 42.8. The molecule has 8 atom stereocenters. The zero-order valence-corrected chi connectivity index (χ0v) is 20.6. The summed E-state index contributed by atoms with van der Waals surface area (Å²) < 4.78 is 5.80. The molecule has 35 heavy (non-hydrogen) atoms. The third-order valence-corrected chi connectivity index (χ3v) is 5.90. The molecule has 2 aliphatic rings. The van der Waals surface area contributed by atoms with Crippen molar-refractivity contribution < 1.29 is 30.0 Å². The largest absolute Gasteiger partial charge is 0.390 e. The molecular formula is C28H39NO6. The Labute approximate surface area is 208 Å². The van der Waals surface area contributed by atoms with E-state index in [-0.39, 0.29) is 24.3 Å². The van der Waals surface area contributed by atoms with E-state index in [1.807, 2.05) is 32.1 Å². The van der Waals surface area contributed by atoms with Gasteiger partial charge in [0.25, 0.3) is 0 Å². The third kappa shape index (κ3) is 10.3. The van der Waals surface area contributed by atoms with Crippen LogP contribution in [0.5, 0.6) is 0 Å². The molecule has 0 spiro atoms. The lowest BCUT2D eigenvalue weighted by Crippen LogP contribution is -2.40. The molecular weight excluding hydrogens is 446 g/mol. The van der Waals surface area contributed by atoms with Gasteiger partial charge in [-0.2, -0.15) is 0 Å². The van der Waals surface area contributed by atoms with Gasteiger partial charge in [0, 0.05) is 24.5 Å². The second-order valence-electron chi connectivity index (χ2n) is 9.16. The fourth-order valence-electron chi connectivity index (χ4n) is 3.83. The molecule has 2 bridgehead atoms. The molecule has 0 aliphatic carbocycles. The molecule has 0 aromatic heterocycles. The molecule has 7 heteroatoms. The zero-order chi connectivity index (χ0) is 25.8. The maximum atomic E-state index is 12.0. The first kappa shape index (κ1) is 28.7. The van der Waals surface area contributed by atoms with Crippen molar-refractivity contribution in [3.63, 3.8) is 0 Å². The Morgan fingerprint density at radius 2 is 1.51 bits per heavy atom. The number of aliphatic hydroxyl groups is 4. The summed E-state index contributed by atoms with van der Waals surface area (Å²) in [6, 6.07) is -0.206. The summed E-state index contributed by atoms with van der Waals surface area (Å²) >= 11 is 0. The van der Waals surface area contributed by atoms with Crippen molar-refractivity contribution in [2.75, 3.05) is 0 Å². The van der Waals surface area contributed by atoms with E-state index < -0.39 is 36.6 Å². The number of carbonyl (C=O) groups excluding carboxylic acids is 1. The number of fused-ring (bicyclic) bond motifs is 2. The number of carbonyl (C=O) groups is 1. The second-order valence-corrected chi connectivity index (χ2v) is 9.16. The molecule has 2 rings (SSSR count). The van der Waals surface area contributed by atoms with Crippen molar-refractivity contribution in [3.8, 4) is 0 Å². The van der Waals surface area contributed by atoms with Crippen molar-refractivity contribution in [1.29, 1.82) is 0 Å². The van der Waals surface area contributed by atoms with Crippen LogP contribution in [0.1, 0.15) is 33.6 Å². The van der Waals surface area contributed by atoms with E-state index in [2.05, 4.69) is 5.32 Å². The SMILES string of the molecule is CC1=C\C=C\[C@@H]2O[C@@H](C[C@H]2O)[C@H](O)[C@@H](O)[C@@H](C)/C=C/C=C/C=C/C(=O)NC(C)C[C@@H](O)\C=C\C=C\1. The Morgan fingerprint density at radius 3 is 2.29 bits per heavy atom. The number of nitrogens with one attached hydrogen (secondary N) is 1. The van der Waals surface area contributed by atoms with Crippen LogP contribution in [0.25, 0.3) is 0 Å². The standard InChI is InChI=1S/C28H39NO6/c1-19-11-8-9-14-22(30)17-21(3)29-26(32)16-7-5-4-6-13-20(2)27(33)28(34)25-18-23(31)24(35-25)15-10-12-19/h4-16,20-25,27-28,30-31,33-34H,17-18H2,1-3H3,(H,29,32)/b5-4+,11-8+,13-6+,14-9+,15-10+,16-7+,19-12+/t20-,21?,22-,23+,24-,25-,27-,28-/m0/s1. The molecule has 192 valence electrons. The van der Waals surface area contributed by atoms with Gasteiger partial charge in [-0.15, -0.1) is 0 Å². The van der Waals surface area contributed by atoms with E-state index in [0.29, 0.717) is 6.42 Å². The first-order valence-corrected chi connectivity index (χ1v) is 12.1. The van der Waals surface area contributed by atoms with Crippen LogP contribution < -0.4 is 5.32 Å². The maximum absolute atomic E-state index is 12.0. The molecule has 7 nitrogen and oxygen atoms in total. The lowest BCUT2D eigenvalue weighted by Gasteiger charge is -2.26. The Balaban J connectivity index is 2.16. The molecule has 1 unspecified atom stereocenters. The van der Waals surface area contributed by atoms with Gasteiger partial charge in [0.15, 0.2) is 0 Å². The van der Waals surface area contributed by atoms with E-state index in [0.717, 1.165) is 5.57 Å². The first-order valence-electron chi connectivity index (χ1n) is 12.1. The van der Waals surface area contributed by atoms with Crippen molar-refractivity contribution in [1.82, 2.24) is 5.32 Å². The van der Waals surface area contributed by atoms with Gasteiger partial charge in [0.1, 0.15) is 12.2 Å². The van der Waals surface area contributed by atoms with E-state index in [9.17, 15) is 25.2 Å². The minimum absolute atomic E-state index is 0.206. The Hall–Kier alpha value is -2.55. The summed E-state index contributed by atoms with van der Waals surface area (Å²) in [5.74, 6) is -0.615. The summed E-state index contributed by atoms with van der Waals surface area (Å²) in [7, 11) is 0. The fraction of sp³-hybridized carbons (Fsp3) is 0.464. The molecule has 2 heterocycles. The molecule has 1 amide bonds. The van der Waals surface area contributed by atoms with Crippen molar-refractivity contribution in [2.45, 2.75) is 76.3 Å². The van der Waals surface area contributed by atoms with Crippen molar-refractivity contribution in [3.05, 3.63) is 84.6 Å². The number of aliphatic hydroxyl groups excluding tert-OH is 4. The van der Waals surface area contributed by atoms with Crippen LogP contribution >= 0.6 is 0 Å². The van der Waals surface area contributed by atoms with Crippen LogP contribution in [-0.2, 0) is 9.53 Å². The predicted octanol–water partition coefficient (Wildman–Crippen LogP) is 2.42. The minimum Gasteiger partial charge on any atom is -0.390 e. The number of hydrogen-bond donors (Lipinski definition) is 5. The van der Waals surface area contributed by atoms with Gasteiger partial charge in [-0.25, -0.2) is 0 Å². The Bertz CT molecular complexity index is 884. The monoisotopic (exact) mass is 485 g/mol. The lowest BCUT2D eigenvalue weighted by molar-refractivity contribution is -0.117. The number of hydrogen-bond acceptors (Lipinski definition) is 6. The van der Waals surface area contributed by atoms with Gasteiger partial charge in [0.05, 0.1) is 24.4 Å². The Kier molecular flexibility index (Phi) is 12.1. The summed E-state index contributed by atoms with van der Waals surface area (Å²) in [6.07, 6.45) is 18.1. The van der Waals surface area contributed by atoms with Crippen LogP contribution in [0.3, 0.4) is 0 Å². The smallest absolute Gasteiger partial charge is 0.244 e. The molecule has 0 aromatic carbocycles. The van der Waals surface area contributed by atoms with E-state index in [1.54, 1.807) is 61.6 Å². The van der Waals surface area contributed by atoms with Crippen LogP contribution in [0.4, 0.5) is 0 Å². The highest BCUT2D eigenvalue weighted by Gasteiger charge is 2.39. The predicted molar refractivity (Wildman–Crippen MR) is 137 cm³/mol. The number of rotatable bonds is 0. The number of ether oxygens (including phenoxy) is 1. The average molecular weight is 486 g/mol. The number of amides is 1. The van der Waals surface area contributed by atoms with Gasteiger partial charge in [-0.05, 0) is 20.3 Å². The van der Waals surface area contributed by atoms with E-state index in [4.69, 9.17) is 4.74 Å². The van der Waals surface area contributed by atoms with Crippen LogP contribution in [-0.4, -0.2) is 69.0 Å². The quantitative estimate of drug-likeness (QED) is 0.360. The van der Waals surface area contributed by atoms with Gasteiger partial charge in [0.2, 0.25) is 5.91 Å². The summed E-state index contributed by atoms with van der Waals surface area (Å²) in [4.78, 5) is 12.0. The van der Waals surface area contributed by atoms with Crippen molar-refractivity contribution >= 4 is 5.91 Å². The fourth-order valence-corrected chi connectivity index (χ4v) is 3.83. The van der Waals surface area contributed by atoms with E-state index >= 15 is 0 Å². The number of allylic oxidation sites excluding steroid dienone is 10. The summed E-state index contributed by atoms with van der Waals surface area (Å²) in [6.45, 7) is 5.53. The van der Waals surface area contributed by atoms with Crippen LogP contribution in [0, 0.1) is 5.92 Å². The van der Waals surface area contributed by atoms with E-state index in [1.165, 1.54) is 6.08 Å². The van der Waals surface area contributed by atoms with Crippen molar-refractivity contribution in [2.24, 2.45) is 5.92 Å². The highest BCUT2D eigenvalue weighted by atomic mass is 16.5. The highest BCUT2D eigenvalue weighted by molar-refractivity contribution is 5.87. The topological polar surface area (TPSA) is 119 Å². The third-order valence-electron chi connectivity index (χ3n) is 5.90. The highest BCUT2D eigenvalue weighted by Crippen LogP contribution is 2.27. The van der Waals surface area contributed by atoms with Gasteiger partial charge in [-0.3, -0.25) is 4.79 Å². The van der Waals surface area contributed by atoms with Gasteiger partial charge < -0.3 is 30.5 Å². The first-order chi connectivity index (χ1) is 16.7. The van der Waals surface area contributed by atoms with Crippen LogP contribution in [0.2, 0.25) is 0 Å².